The molecule has 9 heteroatoms. The fourth-order valence-corrected chi connectivity index (χ4v) is 2.92. The fraction of sp³-hybridized carbons (Fsp3) is 0.389. The average Bonchev–Trinajstić information content (AvgIpc) is 2.67. The third-order valence-corrected chi connectivity index (χ3v) is 4.27. The summed E-state index contributed by atoms with van der Waals surface area (Å²) in [5, 5.41) is 5.98. The van der Waals surface area contributed by atoms with Crippen LogP contribution in [-0.4, -0.2) is 49.4 Å². The average molecular weight is 392 g/mol. The molecule has 1 fully saturated rings. The number of carbonyl (C=O) groups is 1. The molecule has 2 amide bonds. The number of aromatic nitrogens is 2. The molecule has 0 bridgehead atoms. The molecule has 1 aliphatic rings. The molecule has 1 aromatic heterocycles. The molecule has 0 aliphatic carbocycles. The van der Waals surface area contributed by atoms with Crippen molar-refractivity contribution in [2.45, 2.75) is 13.5 Å². The predicted molar refractivity (Wildman–Crippen MR) is 104 cm³/mol. The lowest BCUT2D eigenvalue weighted by molar-refractivity contribution is 0.122. The van der Waals surface area contributed by atoms with Crippen LogP contribution in [0.25, 0.3) is 0 Å². The van der Waals surface area contributed by atoms with E-state index in [9.17, 15) is 4.79 Å². The number of hydrogen-bond donors (Lipinski definition) is 2. The first kappa shape index (κ1) is 19.2. The van der Waals surface area contributed by atoms with Crippen molar-refractivity contribution < 1.29 is 14.3 Å². The maximum Gasteiger partial charge on any atom is 0.319 e. The van der Waals surface area contributed by atoms with Crippen LogP contribution in [0.15, 0.2) is 24.3 Å². The summed E-state index contributed by atoms with van der Waals surface area (Å²) in [5.74, 6) is 1.92. The fourth-order valence-electron chi connectivity index (χ4n) is 2.75. The third-order valence-electron chi connectivity index (χ3n) is 4.04. The zero-order chi connectivity index (χ0) is 19.2. The van der Waals surface area contributed by atoms with Crippen molar-refractivity contribution in [2.24, 2.45) is 0 Å². The molecule has 2 aromatic rings. The van der Waals surface area contributed by atoms with E-state index in [1.54, 1.807) is 18.2 Å². The van der Waals surface area contributed by atoms with Crippen LogP contribution < -0.4 is 20.3 Å². The van der Waals surface area contributed by atoms with Gasteiger partial charge in [-0.3, -0.25) is 0 Å². The van der Waals surface area contributed by atoms with Crippen LogP contribution in [0.5, 0.6) is 5.75 Å². The van der Waals surface area contributed by atoms with E-state index in [-0.39, 0.29) is 6.54 Å². The Morgan fingerprint density at radius 2 is 2.07 bits per heavy atom. The van der Waals surface area contributed by atoms with Crippen LogP contribution >= 0.6 is 11.6 Å². The van der Waals surface area contributed by atoms with Gasteiger partial charge in [-0.1, -0.05) is 11.6 Å². The first-order chi connectivity index (χ1) is 13.0. The van der Waals surface area contributed by atoms with Crippen molar-refractivity contribution in [3.05, 3.63) is 40.8 Å². The number of hydrogen-bond acceptors (Lipinski definition) is 6. The van der Waals surface area contributed by atoms with Gasteiger partial charge in [0.25, 0.3) is 0 Å². The number of carbonyl (C=O) groups excluding carboxylic acids is 1. The summed E-state index contributed by atoms with van der Waals surface area (Å²) in [6.45, 7) is 5.05. The van der Waals surface area contributed by atoms with Crippen molar-refractivity contribution in [3.8, 4) is 5.75 Å². The van der Waals surface area contributed by atoms with E-state index in [1.807, 2.05) is 13.0 Å². The zero-order valence-electron chi connectivity index (χ0n) is 15.3. The van der Waals surface area contributed by atoms with Crippen LogP contribution in [0, 0.1) is 6.92 Å². The number of ether oxygens (including phenoxy) is 2. The van der Waals surface area contributed by atoms with E-state index in [0.29, 0.717) is 35.5 Å². The van der Waals surface area contributed by atoms with Crippen molar-refractivity contribution in [2.75, 3.05) is 43.6 Å². The minimum atomic E-state index is -0.395. The number of benzene rings is 1. The van der Waals surface area contributed by atoms with Crippen molar-refractivity contribution in [1.82, 2.24) is 15.3 Å². The van der Waals surface area contributed by atoms with Gasteiger partial charge in [0, 0.05) is 29.9 Å². The molecule has 0 radical (unpaired) electrons. The van der Waals surface area contributed by atoms with Gasteiger partial charge in [-0.15, -0.1) is 0 Å². The highest BCUT2D eigenvalue weighted by Gasteiger charge is 2.15. The quantitative estimate of drug-likeness (QED) is 0.814. The van der Waals surface area contributed by atoms with Crippen LogP contribution in [0.1, 0.15) is 11.5 Å². The molecule has 1 aliphatic heterocycles. The highest BCUT2D eigenvalue weighted by molar-refractivity contribution is 6.31. The number of amides is 2. The lowest BCUT2D eigenvalue weighted by Gasteiger charge is -2.28. The van der Waals surface area contributed by atoms with Gasteiger partial charge >= 0.3 is 6.03 Å². The molecule has 2 heterocycles. The van der Waals surface area contributed by atoms with Crippen LogP contribution in [0.2, 0.25) is 5.02 Å². The number of nitrogens with zero attached hydrogens (tertiary/aromatic N) is 3. The SMILES string of the molecule is COc1ccc(Cl)cc1NC(=O)NCc1nc(C)cc(N2CCOCC2)n1. The Balaban J connectivity index is 1.63. The van der Waals surface area contributed by atoms with Gasteiger partial charge in [0.1, 0.15) is 17.4 Å². The standard InChI is InChI=1S/C18H22ClN5O3/c1-12-9-17(24-5-7-27-8-6-24)23-16(21-12)11-20-18(25)22-14-10-13(19)3-4-15(14)26-2/h3-4,9-10H,5-8,11H2,1-2H3,(H2,20,22,25). The van der Waals surface area contributed by atoms with Crippen molar-refractivity contribution in [3.63, 3.8) is 0 Å². The molecule has 1 saturated heterocycles. The van der Waals surface area contributed by atoms with Gasteiger partial charge in [0.15, 0.2) is 0 Å². The lowest BCUT2D eigenvalue weighted by atomic mass is 10.3. The Labute approximate surface area is 162 Å². The molecule has 0 atom stereocenters. The number of urea groups is 1. The zero-order valence-corrected chi connectivity index (χ0v) is 16.0. The smallest absolute Gasteiger partial charge is 0.319 e. The van der Waals surface area contributed by atoms with Crippen molar-refractivity contribution >= 4 is 29.1 Å². The van der Waals surface area contributed by atoms with Crippen molar-refractivity contribution in [1.29, 1.82) is 0 Å². The van der Waals surface area contributed by atoms with E-state index < -0.39 is 6.03 Å². The summed E-state index contributed by atoms with van der Waals surface area (Å²) in [6, 6.07) is 6.55. The summed E-state index contributed by atoms with van der Waals surface area (Å²) in [4.78, 5) is 23.3. The van der Waals surface area contributed by atoms with Crippen LogP contribution in [0.3, 0.4) is 0 Å². The Hall–Kier alpha value is -2.58. The normalized spacial score (nSPS) is 14.0. The Morgan fingerprint density at radius 1 is 1.30 bits per heavy atom. The molecule has 0 unspecified atom stereocenters. The summed E-state index contributed by atoms with van der Waals surface area (Å²) in [7, 11) is 1.53. The molecule has 8 nitrogen and oxygen atoms in total. The monoisotopic (exact) mass is 391 g/mol. The van der Waals surface area contributed by atoms with Crippen LogP contribution in [0.4, 0.5) is 16.3 Å². The molecule has 144 valence electrons. The summed E-state index contributed by atoms with van der Waals surface area (Å²) < 4.78 is 10.6. The highest BCUT2D eigenvalue weighted by Crippen LogP contribution is 2.27. The summed E-state index contributed by atoms with van der Waals surface area (Å²) in [6.07, 6.45) is 0. The maximum absolute atomic E-state index is 12.2. The molecule has 0 spiro atoms. The lowest BCUT2D eigenvalue weighted by Crippen LogP contribution is -2.37. The Kier molecular flexibility index (Phi) is 6.31. The number of aryl methyl sites for hydroxylation is 1. The largest absolute Gasteiger partial charge is 0.495 e. The van der Waals surface area contributed by atoms with Gasteiger partial charge in [-0.25, -0.2) is 14.8 Å². The van der Waals surface area contributed by atoms with E-state index in [4.69, 9.17) is 21.1 Å². The summed E-state index contributed by atoms with van der Waals surface area (Å²) >= 11 is 5.98. The highest BCUT2D eigenvalue weighted by atomic mass is 35.5. The van der Waals surface area contributed by atoms with Crippen LogP contribution in [-0.2, 0) is 11.3 Å². The molecule has 27 heavy (non-hydrogen) atoms. The Bertz CT molecular complexity index is 812. The van der Waals surface area contributed by atoms with Gasteiger partial charge in [0.05, 0.1) is 32.6 Å². The minimum absolute atomic E-state index is 0.202. The van der Waals surface area contributed by atoms with E-state index >= 15 is 0 Å². The summed E-state index contributed by atoms with van der Waals surface area (Å²) in [5.41, 5.74) is 1.34. The van der Waals surface area contributed by atoms with Gasteiger partial charge in [-0.05, 0) is 25.1 Å². The second kappa shape index (κ2) is 8.88. The second-order valence-corrected chi connectivity index (χ2v) is 6.47. The molecular formula is C18H22ClN5O3. The van der Waals surface area contributed by atoms with Gasteiger partial charge in [0.2, 0.25) is 0 Å². The third kappa shape index (κ3) is 5.21. The number of halogens is 1. The maximum atomic E-state index is 12.2. The van der Waals surface area contributed by atoms with Gasteiger partial charge in [-0.2, -0.15) is 0 Å². The molecule has 2 N–H and O–H groups in total. The number of anilines is 2. The van der Waals surface area contributed by atoms with E-state index in [1.165, 1.54) is 7.11 Å². The van der Waals surface area contributed by atoms with E-state index in [2.05, 4.69) is 25.5 Å². The molecule has 1 aromatic carbocycles. The Morgan fingerprint density at radius 3 is 2.81 bits per heavy atom. The first-order valence-corrected chi connectivity index (χ1v) is 8.98. The van der Waals surface area contributed by atoms with Gasteiger partial charge < -0.3 is 25.0 Å². The number of rotatable bonds is 5. The van der Waals surface area contributed by atoms with E-state index in [0.717, 1.165) is 24.6 Å². The number of methoxy groups -OCH3 is 1. The molecule has 0 saturated carbocycles. The number of morpholine rings is 1. The minimum Gasteiger partial charge on any atom is -0.495 e. The second-order valence-electron chi connectivity index (χ2n) is 6.04. The molecular weight excluding hydrogens is 370 g/mol. The number of nitrogens with one attached hydrogen (secondary N) is 2. The first-order valence-electron chi connectivity index (χ1n) is 8.61. The molecule has 3 rings (SSSR count). The topological polar surface area (TPSA) is 88.6 Å². The predicted octanol–water partition coefficient (Wildman–Crippen LogP) is 2.61.